The Morgan fingerprint density at radius 1 is 1.29 bits per heavy atom. The molecule has 2 aromatic carbocycles. The Kier molecular flexibility index (Phi) is 5.94. The zero-order valence-corrected chi connectivity index (χ0v) is 18.1. The van der Waals surface area contributed by atoms with E-state index in [1.165, 1.54) is 0 Å². The maximum atomic E-state index is 12.7. The number of hydrogen-bond donors (Lipinski definition) is 5. The molecule has 0 bridgehead atoms. The summed E-state index contributed by atoms with van der Waals surface area (Å²) < 4.78 is 20.3. The molecule has 2 atom stereocenters. The molecule has 1 unspecified atom stereocenters. The molecule has 8 nitrogen and oxygen atoms in total. The van der Waals surface area contributed by atoms with E-state index in [0.717, 1.165) is 24.2 Å². The number of β-amino-alcohol motifs (C(OH)–C–C–N with tert-alkyl or cyclic N) is 1. The van der Waals surface area contributed by atoms with Crippen molar-refractivity contribution in [1.29, 1.82) is 0 Å². The zero-order chi connectivity index (χ0) is 22.2. The van der Waals surface area contributed by atoms with Gasteiger partial charge in [-0.1, -0.05) is 24.3 Å². The number of hydrogen-bond acceptors (Lipinski definition) is 6. The van der Waals surface area contributed by atoms with Gasteiger partial charge in [0.05, 0.1) is 29.1 Å². The number of benzene rings is 2. The minimum absolute atomic E-state index is 0.0945. The average molecular weight is 446 g/mol. The van der Waals surface area contributed by atoms with E-state index in [2.05, 4.69) is 15.5 Å². The first kappa shape index (κ1) is 21.6. The van der Waals surface area contributed by atoms with Crippen molar-refractivity contribution in [3.05, 3.63) is 53.6 Å². The summed E-state index contributed by atoms with van der Waals surface area (Å²) in [4.78, 5) is 26.9. The Bertz CT molecular complexity index is 1010. The molecule has 2 amide bonds. The van der Waals surface area contributed by atoms with Crippen molar-refractivity contribution >= 4 is 33.8 Å². The Labute approximate surface area is 182 Å². The van der Waals surface area contributed by atoms with Crippen LogP contribution in [0.25, 0.3) is 0 Å². The first-order valence-electron chi connectivity index (χ1n) is 10.2. The van der Waals surface area contributed by atoms with Crippen molar-refractivity contribution in [2.24, 2.45) is 0 Å². The SMILES string of the molecule is C[C@H](NC(=O)Cc1ccc2c(c1)NC(=O)CS2(O)O)c1ccccc1N1CCC(O)C1. The summed E-state index contributed by atoms with van der Waals surface area (Å²) in [7, 11) is -3.14. The lowest BCUT2D eigenvalue weighted by Gasteiger charge is -2.37. The smallest absolute Gasteiger partial charge is 0.244 e. The van der Waals surface area contributed by atoms with Crippen molar-refractivity contribution < 1.29 is 23.8 Å². The van der Waals surface area contributed by atoms with Gasteiger partial charge in [-0.15, -0.1) is 0 Å². The van der Waals surface area contributed by atoms with Crippen molar-refractivity contribution in [1.82, 2.24) is 5.32 Å². The van der Waals surface area contributed by atoms with E-state index in [0.29, 0.717) is 22.7 Å². The summed E-state index contributed by atoms with van der Waals surface area (Å²) in [5, 5.41) is 15.5. The van der Waals surface area contributed by atoms with Crippen LogP contribution in [0.2, 0.25) is 0 Å². The number of anilines is 2. The molecule has 0 saturated carbocycles. The highest BCUT2D eigenvalue weighted by molar-refractivity contribution is 8.25. The van der Waals surface area contributed by atoms with Gasteiger partial charge in [0.25, 0.3) is 0 Å². The standard InChI is InChI=1S/C22H27N3O5S/c1-14(17-4-2-3-5-19(17)25-9-8-16(26)12-25)23-21(27)11-15-6-7-20-18(10-15)24-22(28)13-31(20,29)30/h2-7,10,14,16,26,29-30H,8-9,11-13H2,1H3,(H,23,27)(H,24,28)/t14-,16?/m0/s1. The van der Waals surface area contributed by atoms with Crippen molar-refractivity contribution in [2.45, 2.75) is 36.8 Å². The third-order valence-electron chi connectivity index (χ3n) is 5.65. The summed E-state index contributed by atoms with van der Waals surface area (Å²) in [6.07, 6.45) is 0.493. The highest BCUT2D eigenvalue weighted by Gasteiger charge is 2.29. The van der Waals surface area contributed by atoms with Crippen molar-refractivity contribution in [2.75, 3.05) is 29.1 Å². The number of rotatable bonds is 5. The number of para-hydroxylation sites is 1. The highest BCUT2D eigenvalue weighted by Crippen LogP contribution is 2.53. The van der Waals surface area contributed by atoms with Gasteiger partial charge in [0.2, 0.25) is 11.8 Å². The lowest BCUT2D eigenvalue weighted by molar-refractivity contribution is -0.121. The fraction of sp³-hybridized carbons (Fsp3) is 0.364. The molecular formula is C22H27N3O5S. The van der Waals surface area contributed by atoms with Crippen LogP contribution in [0.15, 0.2) is 47.4 Å². The van der Waals surface area contributed by atoms with Crippen LogP contribution in [0.5, 0.6) is 0 Å². The van der Waals surface area contributed by atoms with Gasteiger partial charge in [-0.25, -0.2) is 0 Å². The van der Waals surface area contributed by atoms with E-state index in [9.17, 15) is 23.8 Å². The van der Waals surface area contributed by atoms with Gasteiger partial charge in [0.1, 0.15) is 5.75 Å². The topological polar surface area (TPSA) is 122 Å². The Balaban J connectivity index is 1.45. The number of nitrogens with zero attached hydrogens (tertiary/aromatic N) is 1. The number of aliphatic hydroxyl groups is 1. The number of aliphatic hydroxyl groups excluding tert-OH is 1. The van der Waals surface area contributed by atoms with Gasteiger partial charge in [-0.2, -0.15) is 10.6 Å². The second-order valence-corrected chi connectivity index (χ2v) is 10.2. The van der Waals surface area contributed by atoms with Crippen LogP contribution in [0.4, 0.5) is 11.4 Å². The third kappa shape index (κ3) is 4.69. The number of nitrogens with one attached hydrogen (secondary N) is 2. The number of amides is 2. The summed E-state index contributed by atoms with van der Waals surface area (Å²) in [5.41, 5.74) is 2.99. The molecule has 5 N–H and O–H groups in total. The van der Waals surface area contributed by atoms with E-state index >= 15 is 0 Å². The predicted molar refractivity (Wildman–Crippen MR) is 121 cm³/mol. The molecule has 0 aliphatic carbocycles. The quantitative estimate of drug-likeness (QED) is 0.482. The molecular weight excluding hydrogens is 418 g/mol. The Morgan fingerprint density at radius 2 is 2.06 bits per heavy atom. The van der Waals surface area contributed by atoms with E-state index in [1.807, 2.05) is 31.2 Å². The normalized spacial score (nSPS) is 21.7. The van der Waals surface area contributed by atoms with Gasteiger partial charge in [0, 0.05) is 18.8 Å². The number of fused-ring (bicyclic) bond motifs is 1. The maximum absolute atomic E-state index is 12.7. The van der Waals surface area contributed by atoms with Crippen LogP contribution in [-0.2, 0) is 16.0 Å². The molecule has 0 spiro atoms. The number of carbonyl (C=O) groups excluding carboxylic acids is 2. The molecule has 1 saturated heterocycles. The molecule has 9 heteroatoms. The molecule has 2 aliphatic heterocycles. The van der Waals surface area contributed by atoms with Crippen LogP contribution in [-0.4, -0.2) is 51.0 Å². The molecule has 2 aromatic rings. The summed E-state index contributed by atoms with van der Waals surface area (Å²) in [6, 6.07) is 12.5. The summed E-state index contributed by atoms with van der Waals surface area (Å²) in [6.45, 7) is 3.28. The third-order valence-corrected chi connectivity index (χ3v) is 7.38. The number of carbonyl (C=O) groups is 2. The Hall–Kier alpha value is -2.59. The minimum Gasteiger partial charge on any atom is -0.391 e. The van der Waals surface area contributed by atoms with Crippen LogP contribution >= 0.6 is 10.6 Å². The highest BCUT2D eigenvalue weighted by atomic mass is 32.3. The van der Waals surface area contributed by atoms with Gasteiger partial charge >= 0.3 is 0 Å². The fourth-order valence-corrected chi connectivity index (χ4v) is 5.52. The van der Waals surface area contributed by atoms with Crippen LogP contribution in [0.3, 0.4) is 0 Å². The summed E-state index contributed by atoms with van der Waals surface area (Å²) in [5.74, 6) is -0.978. The second kappa shape index (κ2) is 8.51. The van der Waals surface area contributed by atoms with E-state index in [4.69, 9.17) is 0 Å². The van der Waals surface area contributed by atoms with Crippen LogP contribution < -0.4 is 15.5 Å². The predicted octanol–water partition coefficient (Wildman–Crippen LogP) is 2.74. The van der Waals surface area contributed by atoms with Gasteiger partial charge in [-0.3, -0.25) is 18.7 Å². The first-order chi connectivity index (χ1) is 14.7. The molecule has 0 radical (unpaired) electrons. The monoisotopic (exact) mass is 445 g/mol. The van der Waals surface area contributed by atoms with Crippen LogP contribution in [0.1, 0.15) is 30.5 Å². The largest absolute Gasteiger partial charge is 0.391 e. The molecule has 1 fully saturated rings. The molecule has 0 aromatic heterocycles. The fourth-order valence-electron chi connectivity index (χ4n) is 4.17. The summed E-state index contributed by atoms with van der Waals surface area (Å²) >= 11 is 0. The molecule has 31 heavy (non-hydrogen) atoms. The van der Waals surface area contributed by atoms with Crippen LogP contribution in [0, 0.1) is 0 Å². The lowest BCUT2D eigenvalue weighted by atomic mass is 10.0. The lowest BCUT2D eigenvalue weighted by Crippen LogP contribution is -2.30. The molecule has 166 valence electrons. The molecule has 2 aliphatic rings. The van der Waals surface area contributed by atoms with Gasteiger partial charge in [0.15, 0.2) is 0 Å². The average Bonchev–Trinajstić information content (AvgIpc) is 3.13. The zero-order valence-electron chi connectivity index (χ0n) is 17.2. The minimum atomic E-state index is -3.14. The first-order valence-corrected chi connectivity index (χ1v) is 11.9. The molecule has 4 rings (SSSR count). The second-order valence-electron chi connectivity index (χ2n) is 8.10. The van der Waals surface area contributed by atoms with E-state index in [-0.39, 0.29) is 30.2 Å². The van der Waals surface area contributed by atoms with Gasteiger partial charge < -0.3 is 20.6 Å². The molecule has 2 heterocycles. The van der Waals surface area contributed by atoms with E-state index < -0.39 is 16.5 Å². The van der Waals surface area contributed by atoms with E-state index in [1.54, 1.807) is 18.2 Å². The van der Waals surface area contributed by atoms with Crippen molar-refractivity contribution in [3.63, 3.8) is 0 Å². The Morgan fingerprint density at radius 3 is 2.81 bits per heavy atom. The van der Waals surface area contributed by atoms with Gasteiger partial charge in [-0.05, 0) is 42.7 Å². The van der Waals surface area contributed by atoms with Crippen molar-refractivity contribution in [3.8, 4) is 0 Å². The maximum Gasteiger partial charge on any atom is 0.244 e.